The summed E-state index contributed by atoms with van der Waals surface area (Å²) in [5, 5.41) is 13.1. The number of hydrogen-bond donors (Lipinski definition) is 1. The van der Waals surface area contributed by atoms with Crippen LogP contribution in [0.2, 0.25) is 0 Å². The SMILES string of the molecule is O=P(OCc1ccccc1)(OCc1ccccc1)OC1[C@@H](OP(=O)(OCc2ccccc2)OCc2ccccc2)[C@@H](OCc2ccccc2)C(O)[C@H](OCc2ccccc2)[C@H]1OP(=O)(OCc1ccccc1)OCc1ccccc1. The maximum Gasteiger partial charge on any atom is 0.475 e. The van der Waals surface area contributed by atoms with Crippen LogP contribution >= 0.6 is 23.5 Å². The highest BCUT2D eigenvalue weighted by Crippen LogP contribution is 2.61. The fourth-order valence-electron chi connectivity index (χ4n) is 8.53. The quantitative estimate of drug-likeness (QED) is 0.0421. The summed E-state index contributed by atoms with van der Waals surface area (Å²) in [5.41, 5.74) is 5.02. The normalized spacial score (nSPS) is 18.7. The molecule has 1 aliphatic rings. The highest BCUT2D eigenvalue weighted by atomic mass is 31.2. The number of rotatable bonds is 30. The Bertz CT molecular complexity index is 2890. The number of phosphoric acid groups is 3. The van der Waals surface area contributed by atoms with Crippen LogP contribution in [0.5, 0.6) is 0 Å². The van der Waals surface area contributed by atoms with Crippen molar-refractivity contribution in [1.82, 2.24) is 0 Å². The summed E-state index contributed by atoms with van der Waals surface area (Å²) in [6.45, 7) is -2.00. The van der Waals surface area contributed by atoms with Gasteiger partial charge in [-0.2, -0.15) is 0 Å². The van der Waals surface area contributed by atoms with Crippen molar-refractivity contribution in [3.63, 3.8) is 0 Å². The van der Waals surface area contributed by atoms with Crippen LogP contribution < -0.4 is 0 Å². The van der Waals surface area contributed by atoms with Crippen LogP contribution in [0.3, 0.4) is 0 Å². The smallest absolute Gasteiger partial charge is 0.387 e. The standard InChI is InChI=1S/C62H63O15P3/c63-57-58(67-41-49-25-9-1-10-26-49)60(75-78(64,69-43-51-29-13-3-14-30-51)70-44-52-31-15-4-16-32-52)62(77-80(66,73-47-55-37-21-7-22-38-55)74-48-56-39-23-8-24-40-56)61(59(57)68-42-50-27-11-2-12-28-50)76-79(65,71-45-53-33-17-5-18-34-53)72-46-54-35-19-6-20-36-54/h1-40,57-63H,41-48H2/t57?,58-,59-,60-,61+,62?/m0/s1. The topological polar surface area (TPSA) is 173 Å². The van der Waals surface area contributed by atoms with Gasteiger partial charge in [-0.15, -0.1) is 0 Å². The summed E-state index contributed by atoms with van der Waals surface area (Å²) < 4.78 is 119. The molecule has 15 nitrogen and oxygen atoms in total. The van der Waals surface area contributed by atoms with Crippen molar-refractivity contribution >= 4 is 23.5 Å². The molecule has 9 rings (SSSR count). The highest BCUT2D eigenvalue weighted by molar-refractivity contribution is 7.49. The summed E-state index contributed by atoms with van der Waals surface area (Å²) in [7, 11) is -14.9. The molecule has 18 heteroatoms. The molecule has 1 saturated carbocycles. The van der Waals surface area contributed by atoms with Crippen LogP contribution in [0.1, 0.15) is 44.5 Å². The van der Waals surface area contributed by atoms with Crippen LogP contribution in [-0.2, 0) is 117 Å². The predicted molar refractivity (Wildman–Crippen MR) is 301 cm³/mol. The Morgan fingerprint density at radius 3 is 0.600 bits per heavy atom. The highest BCUT2D eigenvalue weighted by Gasteiger charge is 2.60. The molecule has 0 radical (unpaired) electrons. The van der Waals surface area contributed by atoms with Crippen molar-refractivity contribution < 1.29 is 69.0 Å². The van der Waals surface area contributed by atoms with Crippen LogP contribution in [-0.4, -0.2) is 41.7 Å². The number of ether oxygens (including phenoxy) is 2. The molecule has 1 N–H and O–H groups in total. The number of hydrogen-bond acceptors (Lipinski definition) is 15. The molecule has 80 heavy (non-hydrogen) atoms. The molecule has 416 valence electrons. The van der Waals surface area contributed by atoms with Crippen LogP contribution in [0, 0.1) is 0 Å². The lowest BCUT2D eigenvalue weighted by Crippen LogP contribution is -2.66. The van der Waals surface area contributed by atoms with Gasteiger partial charge in [-0.3, -0.25) is 40.7 Å². The van der Waals surface area contributed by atoms with E-state index in [0.717, 1.165) is 0 Å². The van der Waals surface area contributed by atoms with Gasteiger partial charge in [0.1, 0.15) is 36.6 Å². The maximum atomic E-state index is 16.0. The van der Waals surface area contributed by atoms with Crippen molar-refractivity contribution in [1.29, 1.82) is 0 Å². The molecule has 1 aliphatic carbocycles. The minimum atomic E-state index is -5.00. The van der Waals surface area contributed by atoms with E-state index in [2.05, 4.69) is 0 Å². The van der Waals surface area contributed by atoms with E-state index >= 15 is 13.7 Å². The van der Waals surface area contributed by atoms with Crippen LogP contribution in [0.4, 0.5) is 0 Å². The van der Waals surface area contributed by atoms with E-state index in [0.29, 0.717) is 44.5 Å². The first kappa shape index (κ1) is 58.6. The minimum Gasteiger partial charge on any atom is -0.387 e. The number of benzene rings is 8. The van der Waals surface area contributed by atoms with Crippen molar-refractivity contribution in [2.75, 3.05) is 0 Å². The molecular formula is C62H63O15P3. The fraction of sp³-hybridized carbons (Fsp3) is 0.226. The van der Waals surface area contributed by atoms with E-state index in [1.807, 2.05) is 97.1 Å². The van der Waals surface area contributed by atoms with Gasteiger partial charge in [0.05, 0.1) is 52.9 Å². The average Bonchev–Trinajstić information content (AvgIpc) is 3.62. The Morgan fingerprint density at radius 1 is 0.250 bits per heavy atom. The van der Waals surface area contributed by atoms with Gasteiger partial charge in [0.2, 0.25) is 0 Å². The third-order valence-electron chi connectivity index (χ3n) is 12.7. The Hall–Kier alpha value is -6.03. The largest absolute Gasteiger partial charge is 0.475 e. The Morgan fingerprint density at radius 2 is 0.412 bits per heavy atom. The average molecular weight is 1140 g/mol. The second-order valence-corrected chi connectivity index (χ2v) is 23.5. The molecule has 0 spiro atoms. The molecule has 8 aromatic carbocycles. The molecule has 0 aromatic heterocycles. The molecule has 2 unspecified atom stereocenters. The van der Waals surface area contributed by atoms with Gasteiger partial charge < -0.3 is 14.6 Å². The number of aliphatic hydroxyl groups excluding tert-OH is 1. The van der Waals surface area contributed by atoms with Crippen LogP contribution in [0.25, 0.3) is 0 Å². The van der Waals surface area contributed by atoms with E-state index in [-0.39, 0.29) is 52.9 Å². The van der Waals surface area contributed by atoms with Gasteiger partial charge in [-0.05, 0) is 44.5 Å². The first-order valence-corrected chi connectivity index (χ1v) is 30.4. The molecule has 0 heterocycles. The Balaban J connectivity index is 1.21. The number of phosphoric ester groups is 3. The molecule has 0 aliphatic heterocycles. The van der Waals surface area contributed by atoms with E-state index in [1.165, 1.54) is 0 Å². The van der Waals surface area contributed by atoms with Gasteiger partial charge in [-0.25, -0.2) is 13.7 Å². The lowest BCUT2D eigenvalue weighted by atomic mass is 9.84. The lowest BCUT2D eigenvalue weighted by Gasteiger charge is -2.48. The first-order valence-electron chi connectivity index (χ1n) is 26.1. The van der Waals surface area contributed by atoms with Gasteiger partial charge in [0, 0.05) is 0 Å². The zero-order valence-corrected chi connectivity index (χ0v) is 46.4. The fourth-order valence-corrected chi connectivity index (χ4v) is 12.6. The molecule has 0 amide bonds. The van der Waals surface area contributed by atoms with Crippen molar-refractivity contribution in [2.24, 2.45) is 0 Å². The van der Waals surface area contributed by atoms with Gasteiger partial charge in [-0.1, -0.05) is 243 Å². The van der Waals surface area contributed by atoms with E-state index in [1.54, 1.807) is 146 Å². The zero-order valence-electron chi connectivity index (χ0n) is 43.7. The van der Waals surface area contributed by atoms with Crippen LogP contribution in [0.15, 0.2) is 243 Å². The summed E-state index contributed by atoms with van der Waals surface area (Å²) in [4.78, 5) is 0. The summed E-state index contributed by atoms with van der Waals surface area (Å²) >= 11 is 0. The third kappa shape index (κ3) is 17.7. The third-order valence-corrected chi connectivity index (χ3v) is 16.9. The molecule has 6 atom stereocenters. The first-order chi connectivity index (χ1) is 39.1. The second kappa shape index (κ2) is 29.6. The summed E-state index contributed by atoms with van der Waals surface area (Å²) in [6.07, 6.45) is -10.8. The molecule has 1 fully saturated rings. The van der Waals surface area contributed by atoms with Crippen molar-refractivity contribution in [3.8, 4) is 0 Å². The molecular weight excluding hydrogens is 1080 g/mol. The monoisotopic (exact) mass is 1140 g/mol. The van der Waals surface area contributed by atoms with Crippen molar-refractivity contribution in [2.45, 2.75) is 89.5 Å². The van der Waals surface area contributed by atoms with Gasteiger partial charge >= 0.3 is 23.5 Å². The molecule has 8 aromatic rings. The summed E-state index contributed by atoms with van der Waals surface area (Å²) in [6, 6.07) is 72.0. The summed E-state index contributed by atoms with van der Waals surface area (Å²) in [5.74, 6) is 0. The van der Waals surface area contributed by atoms with Gasteiger partial charge in [0.15, 0.2) is 0 Å². The number of aliphatic hydroxyl groups is 1. The zero-order chi connectivity index (χ0) is 55.3. The van der Waals surface area contributed by atoms with E-state index in [4.69, 9.17) is 50.2 Å². The van der Waals surface area contributed by atoms with Gasteiger partial charge in [0.25, 0.3) is 0 Å². The Kier molecular flexibility index (Phi) is 21.7. The van der Waals surface area contributed by atoms with E-state index < -0.39 is 60.1 Å². The molecule has 0 bridgehead atoms. The van der Waals surface area contributed by atoms with Crippen molar-refractivity contribution in [3.05, 3.63) is 287 Å². The second-order valence-electron chi connectivity index (χ2n) is 18.6. The lowest BCUT2D eigenvalue weighted by molar-refractivity contribution is -0.243. The molecule has 0 saturated heterocycles. The maximum absolute atomic E-state index is 16.0. The minimum absolute atomic E-state index is 0.155. The van der Waals surface area contributed by atoms with E-state index in [9.17, 15) is 5.11 Å². The predicted octanol–water partition coefficient (Wildman–Crippen LogP) is 14.3. The Labute approximate surface area is 467 Å².